The van der Waals surface area contributed by atoms with E-state index in [-0.39, 0.29) is 11.6 Å². The Kier molecular flexibility index (Phi) is 6.57. The SMILES string of the molecule is O=C(Nc1cc(NC(=O)C2C(c3cc(Cl)cc(Cl)c3)C2(Cl)Cl)ccc1Cl)c1ccccn1. The van der Waals surface area contributed by atoms with Crippen LogP contribution in [0.25, 0.3) is 0 Å². The van der Waals surface area contributed by atoms with Crippen molar-refractivity contribution in [3.05, 3.63) is 87.1 Å². The monoisotopic (exact) mass is 527 g/mol. The zero-order chi connectivity index (χ0) is 23.0. The van der Waals surface area contributed by atoms with E-state index in [1.807, 2.05) is 0 Å². The van der Waals surface area contributed by atoms with E-state index < -0.39 is 22.1 Å². The Labute approximate surface area is 209 Å². The quantitative estimate of drug-likeness (QED) is 0.356. The van der Waals surface area contributed by atoms with Crippen molar-refractivity contribution in [3.8, 4) is 0 Å². The number of pyridine rings is 1. The highest BCUT2D eigenvalue weighted by Crippen LogP contribution is 2.65. The molecule has 10 heteroatoms. The summed E-state index contributed by atoms with van der Waals surface area (Å²) in [4.78, 5) is 29.3. The molecule has 1 aliphatic carbocycles. The van der Waals surface area contributed by atoms with Crippen LogP contribution in [0.3, 0.4) is 0 Å². The summed E-state index contributed by atoms with van der Waals surface area (Å²) in [6, 6.07) is 14.6. The molecule has 1 saturated carbocycles. The molecule has 1 fully saturated rings. The zero-order valence-corrected chi connectivity index (χ0v) is 19.9. The van der Waals surface area contributed by atoms with Crippen molar-refractivity contribution in [3.63, 3.8) is 0 Å². The molecule has 1 heterocycles. The van der Waals surface area contributed by atoms with Crippen molar-refractivity contribution in [1.82, 2.24) is 4.98 Å². The number of carbonyl (C=O) groups is 2. The molecule has 0 radical (unpaired) electrons. The van der Waals surface area contributed by atoms with E-state index in [1.54, 1.807) is 54.6 Å². The van der Waals surface area contributed by atoms with Crippen LogP contribution in [0.15, 0.2) is 60.8 Å². The number of nitrogens with one attached hydrogen (secondary N) is 2. The second-order valence-electron chi connectivity index (χ2n) is 7.19. The maximum absolute atomic E-state index is 12.9. The number of amides is 2. The molecule has 32 heavy (non-hydrogen) atoms. The summed E-state index contributed by atoms with van der Waals surface area (Å²) in [5.74, 6) is -2.02. The Morgan fingerprint density at radius 2 is 1.62 bits per heavy atom. The molecule has 5 nitrogen and oxygen atoms in total. The molecule has 1 aliphatic rings. The second-order valence-corrected chi connectivity index (χ2v) is 9.91. The highest BCUT2D eigenvalue weighted by atomic mass is 35.5. The van der Waals surface area contributed by atoms with Gasteiger partial charge in [-0.2, -0.15) is 0 Å². The molecule has 4 rings (SSSR count). The van der Waals surface area contributed by atoms with Gasteiger partial charge in [0.1, 0.15) is 10.0 Å². The van der Waals surface area contributed by atoms with E-state index >= 15 is 0 Å². The average molecular weight is 530 g/mol. The van der Waals surface area contributed by atoms with E-state index in [9.17, 15) is 9.59 Å². The fourth-order valence-corrected chi connectivity index (χ4v) is 4.96. The van der Waals surface area contributed by atoms with Crippen LogP contribution in [0.2, 0.25) is 15.1 Å². The van der Waals surface area contributed by atoms with Gasteiger partial charge in [0.15, 0.2) is 0 Å². The smallest absolute Gasteiger partial charge is 0.274 e. The van der Waals surface area contributed by atoms with Crippen LogP contribution < -0.4 is 10.6 Å². The van der Waals surface area contributed by atoms with Crippen molar-refractivity contribution in [2.24, 2.45) is 5.92 Å². The molecule has 1 aromatic heterocycles. The second kappa shape index (κ2) is 9.08. The summed E-state index contributed by atoms with van der Waals surface area (Å²) < 4.78 is -1.31. The van der Waals surface area contributed by atoms with E-state index in [4.69, 9.17) is 58.0 Å². The van der Waals surface area contributed by atoms with Gasteiger partial charge in [-0.15, -0.1) is 23.2 Å². The molecular formula is C22H14Cl5N3O2. The predicted octanol–water partition coefficient (Wildman–Crippen LogP) is 6.82. The van der Waals surface area contributed by atoms with Crippen molar-refractivity contribution in [1.29, 1.82) is 0 Å². The highest BCUT2D eigenvalue weighted by Gasteiger charge is 2.67. The van der Waals surface area contributed by atoms with Crippen LogP contribution >= 0.6 is 58.0 Å². The van der Waals surface area contributed by atoms with Crippen LogP contribution in [0.4, 0.5) is 11.4 Å². The minimum Gasteiger partial charge on any atom is -0.326 e. The third-order valence-electron chi connectivity index (χ3n) is 4.96. The first-order valence-electron chi connectivity index (χ1n) is 9.33. The molecule has 2 atom stereocenters. The molecule has 2 unspecified atom stereocenters. The van der Waals surface area contributed by atoms with Crippen molar-refractivity contribution in [2.45, 2.75) is 10.3 Å². The first-order valence-corrected chi connectivity index (χ1v) is 11.2. The number of halogens is 5. The van der Waals surface area contributed by atoms with Crippen LogP contribution in [0, 0.1) is 5.92 Å². The minimum absolute atomic E-state index is 0.230. The molecule has 2 N–H and O–H groups in total. The zero-order valence-electron chi connectivity index (χ0n) is 16.1. The van der Waals surface area contributed by atoms with Crippen LogP contribution in [0.5, 0.6) is 0 Å². The molecular weight excluding hydrogens is 516 g/mol. The first kappa shape index (κ1) is 23.1. The number of nitrogens with zero attached hydrogens (tertiary/aromatic N) is 1. The lowest BCUT2D eigenvalue weighted by Gasteiger charge is -2.11. The fraction of sp³-hybridized carbons (Fsp3) is 0.136. The maximum Gasteiger partial charge on any atom is 0.274 e. The highest BCUT2D eigenvalue weighted by molar-refractivity contribution is 6.53. The van der Waals surface area contributed by atoms with Gasteiger partial charge in [0.25, 0.3) is 5.91 Å². The minimum atomic E-state index is -1.31. The summed E-state index contributed by atoms with van der Waals surface area (Å²) >= 11 is 31.1. The molecule has 0 spiro atoms. The maximum atomic E-state index is 12.9. The van der Waals surface area contributed by atoms with Gasteiger partial charge in [0.2, 0.25) is 5.91 Å². The van der Waals surface area contributed by atoms with Crippen molar-refractivity contribution in [2.75, 3.05) is 10.6 Å². The van der Waals surface area contributed by atoms with Gasteiger partial charge >= 0.3 is 0 Å². The normalized spacial score (nSPS) is 18.7. The number of hydrogen-bond donors (Lipinski definition) is 2. The standard InChI is InChI=1S/C22H14Cl5N3O2/c23-12-7-11(8-13(24)9-12)18-19(22(18,26)27)21(32)29-14-4-5-15(25)17(10-14)30-20(31)16-3-1-2-6-28-16/h1-10,18-19H,(H,29,32)(H,30,31). The third-order valence-corrected chi connectivity index (χ3v) is 6.67. The van der Waals surface area contributed by atoms with Gasteiger partial charge in [-0.3, -0.25) is 14.6 Å². The lowest BCUT2D eigenvalue weighted by Crippen LogP contribution is -2.18. The summed E-state index contributed by atoms with van der Waals surface area (Å²) in [6.45, 7) is 0. The summed E-state index contributed by atoms with van der Waals surface area (Å²) in [5, 5.41) is 6.60. The van der Waals surface area contributed by atoms with Crippen LogP contribution in [-0.2, 0) is 4.79 Å². The Morgan fingerprint density at radius 1 is 0.906 bits per heavy atom. The number of aromatic nitrogens is 1. The topological polar surface area (TPSA) is 71.1 Å². The van der Waals surface area contributed by atoms with E-state index in [2.05, 4.69) is 15.6 Å². The number of alkyl halides is 2. The molecule has 2 aromatic carbocycles. The van der Waals surface area contributed by atoms with Crippen molar-refractivity contribution < 1.29 is 9.59 Å². The van der Waals surface area contributed by atoms with Gasteiger partial charge in [-0.25, -0.2) is 0 Å². The molecule has 3 aromatic rings. The van der Waals surface area contributed by atoms with Gasteiger partial charge in [0.05, 0.1) is 16.6 Å². The van der Waals surface area contributed by atoms with Gasteiger partial charge < -0.3 is 10.6 Å². The lowest BCUT2D eigenvalue weighted by molar-refractivity contribution is -0.117. The summed E-state index contributed by atoms with van der Waals surface area (Å²) in [7, 11) is 0. The molecule has 0 saturated heterocycles. The number of anilines is 2. The van der Waals surface area contributed by atoms with E-state index in [0.717, 1.165) is 0 Å². The molecule has 0 bridgehead atoms. The van der Waals surface area contributed by atoms with Crippen LogP contribution in [0.1, 0.15) is 22.0 Å². The van der Waals surface area contributed by atoms with Crippen LogP contribution in [-0.4, -0.2) is 21.1 Å². The number of carbonyl (C=O) groups excluding carboxylic acids is 2. The molecule has 164 valence electrons. The summed E-state index contributed by atoms with van der Waals surface area (Å²) in [5.41, 5.74) is 1.63. The number of hydrogen-bond acceptors (Lipinski definition) is 3. The van der Waals surface area contributed by atoms with Crippen molar-refractivity contribution >= 4 is 81.2 Å². The van der Waals surface area contributed by atoms with Gasteiger partial charge in [0, 0.05) is 27.8 Å². The van der Waals surface area contributed by atoms with E-state index in [0.29, 0.717) is 32.0 Å². The first-order chi connectivity index (χ1) is 15.2. The fourth-order valence-electron chi connectivity index (χ4n) is 3.42. The third kappa shape index (κ3) is 4.82. The Hall–Kier alpha value is -2.02. The van der Waals surface area contributed by atoms with Gasteiger partial charge in [-0.1, -0.05) is 40.9 Å². The Morgan fingerprint density at radius 3 is 2.28 bits per heavy atom. The van der Waals surface area contributed by atoms with Gasteiger partial charge in [-0.05, 0) is 54.1 Å². The average Bonchev–Trinajstić information content (AvgIpc) is 3.32. The predicted molar refractivity (Wildman–Crippen MR) is 129 cm³/mol. The Balaban J connectivity index is 1.50. The van der Waals surface area contributed by atoms with E-state index in [1.165, 1.54) is 6.20 Å². The Bertz CT molecular complexity index is 1180. The number of rotatable bonds is 5. The largest absolute Gasteiger partial charge is 0.326 e. The number of benzene rings is 2. The molecule has 0 aliphatic heterocycles. The summed E-state index contributed by atoms with van der Waals surface area (Å²) in [6.07, 6.45) is 1.51. The lowest BCUT2D eigenvalue weighted by atomic mass is 10.1. The molecule has 2 amide bonds.